The maximum atomic E-state index is 10.6. The first-order valence-electron chi connectivity index (χ1n) is 3.90. The van der Waals surface area contributed by atoms with Gasteiger partial charge in [-0.15, -0.1) is 0 Å². The zero-order valence-corrected chi connectivity index (χ0v) is 6.68. The lowest BCUT2D eigenvalue weighted by atomic mass is 10.00. The number of carbonyl (C=O) groups is 1. The number of nitrogens with one attached hydrogen (secondary N) is 1. The van der Waals surface area contributed by atoms with Crippen LogP contribution < -0.4 is 5.32 Å². The molecule has 0 amide bonds. The Morgan fingerprint density at radius 1 is 1.73 bits per heavy atom. The van der Waals surface area contributed by atoms with Gasteiger partial charge < -0.3 is 10.4 Å². The molecule has 0 spiro atoms. The summed E-state index contributed by atoms with van der Waals surface area (Å²) in [5.74, 6) is -0.747. The Morgan fingerprint density at radius 2 is 2.45 bits per heavy atom. The third kappa shape index (κ3) is 1.80. The van der Waals surface area contributed by atoms with Gasteiger partial charge in [-0.2, -0.15) is 0 Å². The average molecular weight is 155 g/mol. The Hall–Kier alpha value is -0.830. The lowest BCUT2D eigenvalue weighted by molar-refractivity contribution is -0.132. The fourth-order valence-corrected chi connectivity index (χ4v) is 1.33. The van der Waals surface area contributed by atoms with Gasteiger partial charge in [0.1, 0.15) is 0 Å². The van der Waals surface area contributed by atoms with Crippen molar-refractivity contribution in [2.24, 2.45) is 0 Å². The average Bonchev–Trinajstić information content (AvgIpc) is 2.04. The number of carboxylic acid groups (broad SMARTS) is 1. The molecule has 0 atom stereocenters. The van der Waals surface area contributed by atoms with Gasteiger partial charge in [-0.05, 0) is 25.0 Å². The number of aliphatic carboxylic acids is 1. The van der Waals surface area contributed by atoms with Crippen molar-refractivity contribution in [3.8, 4) is 0 Å². The van der Waals surface area contributed by atoms with Gasteiger partial charge in [0.25, 0.3) is 0 Å². The zero-order valence-electron chi connectivity index (χ0n) is 6.68. The molecule has 0 radical (unpaired) electrons. The zero-order chi connectivity index (χ0) is 8.27. The molecule has 1 heterocycles. The summed E-state index contributed by atoms with van der Waals surface area (Å²) in [6, 6.07) is 0. The van der Waals surface area contributed by atoms with E-state index in [2.05, 4.69) is 5.32 Å². The van der Waals surface area contributed by atoms with E-state index in [4.69, 9.17) is 5.11 Å². The SMILES string of the molecule is CCC1=C(C(=O)O)CCNC1. The lowest BCUT2D eigenvalue weighted by Gasteiger charge is -2.17. The summed E-state index contributed by atoms with van der Waals surface area (Å²) in [5, 5.41) is 11.9. The first kappa shape index (κ1) is 8.27. The van der Waals surface area contributed by atoms with Crippen molar-refractivity contribution >= 4 is 5.97 Å². The van der Waals surface area contributed by atoms with Crippen LogP contribution in [0.25, 0.3) is 0 Å². The molecule has 0 aromatic carbocycles. The van der Waals surface area contributed by atoms with Crippen LogP contribution >= 0.6 is 0 Å². The molecule has 1 aliphatic rings. The first-order valence-corrected chi connectivity index (χ1v) is 3.90. The molecule has 0 aromatic heterocycles. The molecule has 1 rings (SSSR count). The summed E-state index contributed by atoms with van der Waals surface area (Å²) in [5.41, 5.74) is 1.66. The smallest absolute Gasteiger partial charge is 0.331 e. The van der Waals surface area contributed by atoms with E-state index in [1.807, 2.05) is 6.92 Å². The number of hydrogen-bond donors (Lipinski definition) is 2. The van der Waals surface area contributed by atoms with Gasteiger partial charge in [0, 0.05) is 12.1 Å². The third-order valence-corrected chi connectivity index (χ3v) is 2.00. The Kier molecular flexibility index (Phi) is 2.65. The molecule has 0 aromatic rings. The highest BCUT2D eigenvalue weighted by Crippen LogP contribution is 2.14. The van der Waals surface area contributed by atoms with E-state index in [9.17, 15) is 4.79 Å². The second kappa shape index (κ2) is 3.53. The normalized spacial score (nSPS) is 18.6. The second-order valence-corrected chi connectivity index (χ2v) is 2.67. The molecule has 0 saturated heterocycles. The van der Waals surface area contributed by atoms with Crippen LogP contribution in [0.15, 0.2) is 11.1 Å². The molecule has 3 heteroatoms. The minimum atomic E-state index is -0.747. The summed E-state index contributed by atoms with van der Waals surface area (Å²) in [6.07, 6.45) is 1.51. The highest BCUT2D eigenvalue weighted by atomic mass is 16.4. The quantitative estimate of drug-likeness (QED) is 0.619. The summed E-state index contributed by atoms with van der Waals surface area (Å²) in [6.45, 7) is 3.54. The fourth-order valence-electron chi connectivity index (χ4n) is 1.33. The standard InChI is InChI=1S/C8H13NO2/c1-2-6-5-9-4-3-7(6)8(10)11/h9H,2-5H2,1H3,(H,10,11). The monoisotopic (exact) mass is 155 g/mol. The Morgan fingerprint density at radius 3 is 2.91 bits per heavy atom. The van der Waals surface area contributed by atoms with E-state index in [1.165, 1.54) is 0 Å². The predicted octanol–water partition coefficient (Wildman–Crippen LogP) is 0.771. The second-order valence-electron chi connectivity index (χ2n) is 2.67. The van der Waals surface area contributed by atoms with Crippen molar-refractivity contribution < 1.29 is 9.90 Å². The van der Waals surface area contributed by atoms with E-state index >= 15 is 0 Å². The van der Waals surface area contributed by atoms with Crippen molar-refractivity contribution in [1.82, 2.24) is 5.32 Å². The number of carboxylic acids is 1. The topological polar surface area (TPSA) is 49.3 Å². The molecule has 1 aliphatic heterocycles. The van der Waals surface area contributed by atoms with Crippen LogP contribution in [-0.4, -0.2) is 24.2 Å². The van der Waals surface area contributed by atoms with E-state index in [0.29, 0.717) is 12.0 Å². The van der Waals surface area contributed by atoms with Crippen molar-refractivity contribution in [3.05, 3.63) is 11.1 Å². The fraction of sp³-hybridized carbons (Fsp3) is 0.625. The molecule has 3 nitrogen and oxygen atoms in total. The van der Waals surface area contributed by atoms with Crippen LogP contribution in [0.5, 0.6) is 0 Å². The van der Waals surface area contributed by atoms with Gasteiger partial charge in [-0.25, -0.2) is 4.79 Å². The number of hydrogen-bond acceptors (Lipinski definition) is 2. The summed E-state index contributed by atoms with van der Waals surface area (Å²) < 4.78 is 0. The minimum absolute atomic E-state index is 0.617. The van der Waals surface area contributed by atoms with E-state index < -0.39 is 5.97 Å². The molecule has 0 bridgehead atoms. The van der Waals surface area contributed by atoms with Crippen molar-refractivity contribution in [3.63, 3.8) is 0 Å². The summed E-state index contributed by atoms with van der Waals surface area (Å²) in [4.78, 5) is 10.6. The highest BCUT2D eigenvalue weighted by molar-refractivity contribution is 5.87. The van der Waals surface area contributed by atoms with Crippen LogP contribution in [0.1, 0.15) is 19.8 Å². The first-order chi connectivity index (χ1) is 5.25. The van der Waals surface area contributed by atoms with Gasteiger partial charge in [-0.3, -0.25) is 0 Å². The van der Waals surface area contributed by atoms with Gasteiger partial charge in [0.15, 0.2) is 0 Å². The molecular weight excluding hydrogens is 142 g/mol. The van der Waals surface area contributed by atoms with E-state index in [0.717, 1.165) is 25.1 Å². The van der Waals surface area contributed by atoms with Gasteiger partial charge >= 0.3 is 5.97 Å². The highest BCUT2D eigenvalue weighted by Gasteiger charge is 2.15. The van der Waals surface area contributed by atoms with Crippen molar-refractivity contribution in [2.75, 3.05) is 13.1 Å². The minimum Gasteiger partial charge on any atom is -0.478 e. The largest absolute Gasteiger partial charge is 0.478 e. The van der Waals surface area contributed by atoms with E-state index in [-0.39, 0.29) is 0 Å². The molecule has 11 heavy (non-hydrogen) atoms. The number of rotatable bonds is 2. The Labute approximate surface area is 66.1 Å². The molecule has 0 fully saturated rings. The molecule has 62 valence electrons. The molecule has 2 N–H and O–H groups in total. The van der Waals surface area contributed by atoms with Gasteiger partial charge in [-0.1, -0.05) is 6.92 Å². The maximum absolute atomic E-state index is 10.6. The van der Waals surface area contributed by atoms with Crippen LogP contribution in [0.4, 0.5) is 0 Å². The van der Waals surface area contributed by atoms with Crippen LogP contribution in [0, 0.1) is 0 Å². The predicted molar refractivity (Wildman–Crippen MR) is 42.4 cm³/mol. The molecular formula is C8H13NO2. The molecule has 0 saturated carbocycles. The van der Waals surface area contributed by atoms with Gasteiger partial charge in [0.2, 0.25) is 0 Å². The van der Waals surface area contributed by atoms with Crippen LogP contribution in [0.3, 0.4) is 0 Å². The summed E-state index contributed by atoms with van der Waals surface area (Å²) in [7, 11) is 0. The Bertz CT molecular complexity index is 196. The van der Waals surface area contributed by atoms with Crippen LogP contribution in [0.2, 0.25) is 0 Å². The van der Waals surface area contributed by atoms with Crippen LogP contribution in [-0.2, 0) is 4.79 Å². The van der Waals surface area contributed by atoms with E-state index in [1.54, 1.807) is 0 Å². The molecule has 0 unspecified atom stereocenters. The van der Waals surface area contributed by atoms with Crippen molar-refractivity contribution in [1.29, 1.82) is 0 Å². The Balaban J connectivity index is 2.81. The lowest BCUT2D eigenvalue weighted by Crippen LogP contribution is -2.27. The van der Waals surface area contributed by atoms with Gasteiger partial charge in [0.05, 0.1) is 0 Å². The third-order valence-electron chi connectivity index (χ3n) is 2.00. The van der Waals surface area contributed by atoms with Crippen molar-refractivity contribution in [2.45, 2.75) is 19.8 Å². The molecule has 0 aliphatic carbocycles. The summed E-state index contributed by atoms with van der Waals surface area (Å²) >= 11 is 0. The maximum Gasteiger partial charge on any atom is 0.331 e.